The Balaban J connectivity index is 1.79. The van der Waals surface area contributed by atoms with E-state index < -0.39 is 35.8 Å². The number of rotatable bonds is 5. The summed E-state index contributed by atoms with van der Waals surface area (Å²) in [6.07, 6.45) is 0. The summed E-state index contributed by atoms with van der Waals surface area (Å²) in [4.78, 5) is 49.7. The molecule has 8 nitrogen and oxygen atoms in total. The molecule has 1 aliphatic rings. The van der Waals surface area contributed by atoms with Crippen molar-refractivity contribution < 1.29 is 19.2 Å². The van der Waals surface area contributed by atoms with Crippen molar-refractivity contribution in [2.24, 2.45) is 5.73 Å². The highest BCUT2D eigenvalue weighted by atomic mass is 35.5. The number of benzene rings is 1. The van der Waals surface area contributed by atoms with Gasteiger partial charge in [0.05, 0.1) is 5.56 Å². The lowest BCUT2D eigenvalue weighted by Gasteiger charge is -2.23. The molecular formula is C17H14Cl2N4O4S. The summed E-state index contributed by atoms with van der Waals surface area (Å²) in [6, 6.07) is 5.27. The van der Waals surface area contributed by atoms with Gasteiger partial charge in [0, 0.05) is 15.6 Å². The number of anilines is 1. The molecular weight excluding hydrogens is 427 g/mol. The number of nitrogens with one attached hydrogen (secondary N) is 2. The molecule has 1 atom stereocenters. The maximum Gasteiger partial charge on any atom is 0.325 e. The van der Waals surface area contributed by atoms with Gasteiger partial charge in [0.15, 0.2) is 0 Å². The molecule has 0 bridgehead atoms. The van der Waals surface area contributed by atoms with Crippen LogP contribution in [0.15, 0.2) is 29.6 Å². The fraction of sp³-hybridized carbons (Fsp3) is 0.176. The van der Waals surface area contributed by atoms with Crippen molar-refractivity contribution >= 4 is 63.3 Å². The van der Waals surface area contributed by atoms with Gasteiger partial charge in [0.25, 0.3) is 11.8 Å². The second-order valence-electron chi connectivity index (χ2n) is 6.15. The van der Waals surface area contributed by atoms with E-state index >= 15 is 0 Å². The van der Waals surface area contributed by atoms with E-state index in [9.17, 15) is 19.2 Å². The number of primary amides is 1. The molecule has 0 unspecified atom stereocenters. The van der Waals surface area contributed by atoms with Gasteiger partial charge in [-0.25, -0.2) is 4.79 Å². The minimum absolute atomic E-state index is 0.147. The van der Waals surface area contributed by atoms with Crippen LogP contribution in [0.2, 0.25) is 10.0 Å². The molecule has 1 fully saturated rings. The number of urea groups is 1. The first-order chi connectivity index (χ1) is 13.1. The van der Waals surface area contributed by atoms with Crippen LogP contribution in [0.25, 0.3) is 0 Å². The molecule has 1 aromatic carbocycles. The molecule has 0 saturated carbocycles. The van der Waals surface area contributed by atoms with Crippen molar-refractivity contribution in [3.05, 3.63) is 50.8 Å². The van der Waals surface area contributed by atoms with Crippen LogP contribution in [0.4, 0.5) is 9.80 Å². The normalized spacial score (nSPS) is 18.9. The molecule has 0 radical (unpaired) electrons. The van der Waals surface area contributed by atoms with E-state index in [1.54, 1.807) is 11.4 Å². The van der Waals surface area contributed by atoms with Crippen LogP contribution in [0, 0.1) is 0 Å². The van der Waals surface area contributed by atoms with Gasteiger partial charge < -0.3 is 16.4 Å². The van der Waals surface area contributed by atoms with E-state index in [2.05, 4.69) is 10.6 Å². The van der Waals surface area contributed by atoms with Crippen LogP contribution in [0.5, 0.6) is 0 Å². The van der Waals surface area contributed by atoms with Gasteiger partial charge in [-0.1, -0.05) is 29.3 Å². The monoisotopic (exact) mass is 440 g/mol. The first-order valence-corrected chi connectivity index (χ1v) is 9.54. The Bertz CT molecular complexity index is 1010. The highest BCUT2D eigenvalue weighted by Gasteiger charge is 2.50. The first kappa shape index (κ1) is 20.1. The molecule has 1 aliphatic heterocycles. The lowest BCUT2D eigenvalue weighted by molar-refractivity contribution is -0.133. The average molecular weight is 441 g/mol. The van der Waals surface area contributed by atoms with Gasteiger partial charge in [-0.05, 0) is 30.5 Å². The molecule has 3 rings (SSSR count). The van der Waals surface area contributed by atoms with Gasteiger partial charge in [-0.3, -0.25) is 19.3 Å². The van der Waals surface area contributed by atoms with Crippen molar-refractivity contribution in [2.45, 2.75) is 12.5 Å². The lowest BCUT2D eigenvalue weighted by Crippen LogP contribution is -2.42. The Labute approximate surface area is 173 Å². The maximum atomic E-state index is 12.9. The van der Waals surface area contributed by atoms with E-state index in [-0.39, 0.29) is 15.6 Å². The van der Waals surface area contributed by atoms with Crippen molar-refractivity contribution in [3.8, 4) is 0 Å². The summed E-state index contributed by atoms with van der Waals surface area (Å²) in [5.74, 6) is -1.99. The lowest BCUT2D eigenvalue weighted by atomic mass is 9.92. The van der Waals surface area contributed by atoms with Crippen LogP contribution >= 0.6 is 34.5 Å². The van der Waals surface area contributed by atoms with E-state index in [1.807, 2.05) is 0 Å². The Hall–Kier alpha value is -2.62. The van der Waals surface area contributed by atoms with Crippen LogP contribution < -0.4 is 16.4 Å². The molecule has 2 aromatic rings. The second-order valence-corrected chi connectivity index (χ2v) is 7.91. The van der Waals surface area contributed by atoms with Crippen LogP contribution in [-0.2, 0) is 15.1 Å². The SMILES string of the molecule is C[C@@]1(c2ccc(Cl)cc2Cl)NC(=O)N(CC(=O)Nc2sccc2C(N)=O)C1=O. The molecule has 0 spiro atoms. The van der Waals surface area contributed by atoms with Gasteiger partial charge >= 0.3 is 6.03 Å². The number of amides is 5. The van der Waals surface area contributed by atoms with Crippen LogP contribution in [0.3, 0.4) is 0 Å². The number of thiophene rings is 1. The maximum absolute atomic E-state index is 12.9. The molecule has 1 saturated heterocycles. The minimum atomic E-state index is -1.44. The van der Waals surface area contributed by atoms with Gasteiger partial charge in [0.1, 0.15) is 17.1 Å². The number of nitrogens with zero attached hydrogens (tertiary/aromatic N) is 1. The zero-order chi connectivity index (χ0) is 20.6. The Morgan fingerprint density at radius 2 is 2.00 bits per heavy atom. The third kappa shape index (κ3) is 3.56. The summed E-state index contributed by atoms with van der Waals surface area (Å²) < 4.78 is 0. The molecule has 5 amide bonds. The highest BCUT2D eigenvalue weighted by molar-refractivity contribution is 7.14. The summed E-state index contributed by atoms with van der Waals surface area (Å²) in [5, 5.41) is 7.47. The molecule has 28 heavy (non-hydrogen) atoms. The largest absolute Gasteiger partial charge is 0.366 e. The summed E-state index contributed by atoms with van der Waals surface area (Å²) in [5.41, 5.74) is 4.29. The minimum Gasteiger partial charge on any atom is -0.366 e. The van der Waals surface area contributed by atoms with Gasteiger partial charge in [-0.15, -0.1) is 11.3 Å². The fourth-order valence-electron chi connectivity index (χ4n) is 2.83. The Morgan fingerprint density at radius 3 is 2.64 bits per heavy atom. The smallest absolute Gasteiger partial charge is 0.325 e. The van der Waals surface area contributed by atoms with E-state index in [0.717, 1.165) is 16.2 Å². The van der Waals surface area contributed by atoms with Crippen molar-refractivity contribution in [1.29, 1.82) is 0 Å². The third-order valence-electron chi connectivity index (χ3n) is 4.23. The molecule has 1 aromatic heterocycles. The predicted octanol–water partition coefficient (Wildman–Crippen LogP) is 2.56. The Kier molecular flexibility index (Phi) is 5.33. The highest BCUT2D eigenvalue weighted by Crippen LogP contribution is 2.35. The van der Waals surface area contributed by atoms with Crippen LogP contribution in [-0.4, -0.2) is 35.2 Å². The van der Waals surface area contributed by atoms with Gasteiger partial charge in [-0.2, -0.15) is 0 Å². The molecule has 0 aliphatic carbocycles. The number of imide groups is 1. The van der Waals surface area contributed by atoms with Crippen molar-refractivity contribution in [3.63, 3.8) is 0 Å². The van der Waals surface area contributed by atoms with Crippen LogP contribution in [0.1, 0.15) is 22.8 Å². The fourth-order valence-corrected chi connectivity index (χ4v) is 4.23. The third-order valence-corrected chi connectivity index (χ3v) is 5.61. The molecule has 4 N–H and O–H groups in total. The second kappa shape index (κ2) is 7.42. The van der Waals surface area contributed by atoms with Crippen molar-refractivity contribution in [1.82, 2.24) is 10.2 Å². The predicted molar refractivity (Wildman–Crippen MR) is 106 cm³/mol. The summed E-state index contributed by atoms with van der Waals surface area (Å²) >= 11 is 13.2. The molecule has 2 heterocycles. The standard InChI is InChI=1S/C17H14Cl2N4O4S/c1-17(10-3-2-8(18)6-11(10)19)15(26)23(16(27)22-17)7-12(24)21-14-9(13(20)25)4-5-28-14/h2-6H,7H2,1H3,(H2,20,25)(H,21,24)(H,22,27)/t17-/m0/s1. The van der Waals surface area contributed by atoms with E-state index in [1.165, 1.54) is 25.1 Å². The quantitative estimate of drug-likeness (QED) is 0.618. The number of hydrogen-bond acceptors (Lipinski definition) is 5. The molecule has 146 valence electrons. The zero-order valence-corrected chi connectivity index (χ0v) is 16.7. The number of carbonyl (C=O) groups excluding carboxylic acids is 4. The number of halogens is 2. The molecule has 11 heteroatoms. The Morgan fingerprint density at radius 1 is 1.29 bits per heavy atom. The van der Waals surface area contributed by atoms with Crippen molar-refractivity contribution in [2.75, 3.05) is 11.9 Å². The first-order valence-electron chi connectivity index (χ1n) is 7.90. The number of carbonyl (C=O) groups is 4. The number of hydrogen-bond donors (Lipinski definition) is 3. The summed E-state index contributed by atoms with van der Waals surface area (Å²) in [6.45, 7) is 0.951. The van der Waals surface area contributed by atoms with E-state index in [4.69, 9.17) is 28.9 Å². The number of nitrogens with two attached hydrogens (primary N) is 1. The van der Waals surface area contributed by atoms with Gasteiger partial charge in [0.2, 0.25) is 5.91 Å². The average Bonchev–Trinajstić information content (AvgIpc) is 3.14. The topological polar surface area (TPSA) is 122 Å². The summed E-state index contributed by atoms with van der Waals surface area (Å²) in [7, 11) is 0. The zero-order valence-electron chi connectivity index (χ0n) is 14.4. The van der Waals surface area contributed by atoms with E-state index in [0.29, 0.717) is 10.6 Å².